The lowest BCUT2D eigenvalue weighted by molar-refractivity contribution is -0.383. The Labute approximate surface area is 116 Å². The average Bonchev–Trinajstić information content (AvgIpc) is 2.92. The van der Waals surface area contributed by atoms with E-state index in [1.807, 2.05) is 13.0 Å². The number of aryl methyl sites for hydroxylation is 1. The number of nitrogens with one attached hydrogen (secondary N) is 2. The van der Waals surface area contributed by atoms with E-state index in [0.29, 0.717) is 11.4 Å². The van der Waals surface area contributed by atoms with Gasteiger partial charge in [0.2, 0.25) is 0 Å². The largest absolute Gasteiger partial charge is 0.380 e. The summed E-state index contributed by atoms with van der Waals surface area (Å²) in [6, 6.07) is 5.60. The van der Waals surface area contributed by atoms with Crippen molar-refractivity contribution in [1.29, 1.82) is 0 Å². The zero-order valence-electron chi connectivity index (χ0n) is 11.2. The molecule has 3 rings (SSSR count). The molecule has 104 valence electrons. The van der Waals surface area contributed by atoms with Crippen LogP contribution < -0.4 is 10.6 Å². The predicted octanol–water partition coefficient (Wildman–Crippen LogP) is 2.23. The maximum Gasteiger partial charge on any atom is 0.278 e. The number of pyridine rings is 1. The Morgan fingerprint density at radius 1 is 1.45 bits per heavy atom. The average molecular weight is 272 g/mol. The smallest absolute Gasteiger partial charge is 0.278 e. The highest BCUT2D eigenvalue weighted by Gasteiger charge is 2.18. The first-order valence-corrected chi connectivity index (χ1v) is 6.66. The number of rotatable bonds is 3. The minimum atomic E-state index is -0.361. The van der Waals surface area contributed by atoms with Crippen LogP contribution in [0.15, 0.2) is 24.4 Å². The third-order valence-electron chi connectivity index (χ3n) is 3.63. The quantitative estimate of drug-likeness (QED) is 0.661. The van der Waals surface area contributed by atoms with Crippen LogP contribution in [-0.2, 0) is 0 Å². The van der Waals surface area contributed by atoms with E-state index in [2.05, 4.69) is 15.6 Å². The molecular weight excluding hydrogens is 256 g/mol. The Hall–Kier alpha value is -2.21. The number of nitrogens with zero attached hydrogens (tertiary/aromatic N) is 2. The molecule has 0 amide bonds. The number of anilines is 1. The van der Waals surface area contributed by atoms with Gasteiger partial charge >= 0.3 is 0 Å². The Morgan fingerprint density at radius 3 is 3.00 bits per heavy atom. The molecule has 1 aliphatic rings. The van der Waals surface area contributed by atoms with Gasteiger partial charge in [0.25, 0.3) is 5.69 Å². The van der Waals surface area contributed by atoms with Crippen molar-refractivity contribution in [3.63, 3.8) is 0 Å². The van der Waals surface area contributed by atoms with Crippen LogP contribution in [0.25, 0.3) is 10.8 Å². The second-order valence-corrected chi connectivity index (χ2v) is 5.09. The molecule has 1 aliphatic heterocycles. The summed E-state index contributed by atoms with van der Waals surface area (Å²) in [5, 5.41) is 19.3. The summed E-state index contributed by atoms with van der Waals surface area (Å²) >= 11 is 0. The van der Waals surface area contributed by atoms with E-state index in [1.54, 1.807) is 18.3 Å². The highest BCUT2D eigenvalue weighted by molar-refractivity contribution is 5.99. The molecule has 1 saturated heterocycles. The number of aromatic nitrogens is 1. The van der Waals surface area contributed by atoms with Gasteiger partial charge in [-0.2, -0.15) is 0 Å². The van der Waals surface area contributed by atoms with Crippen LogP contribution in [0.1, 0.15) is 12.1 Å². The summed E-state index contributed by atoms with van der Waals surface area (Å²) in [7, 11) is 0. The summed E-state index contributed by atoms with van der Waals surface area (Å²) in [5.41, 5.74) is 1.89. The van der Waals surface area contributed by atoms with Crippen molar-refractivity contribution in [3.8, 4) is 0 Å². The van der Waals surface area contributed by atoms with Crippen molar-refractivity contribution in [1.82, 2.24) is 10.3 Å². The van der Waals surface area contributed by atoms with Crippen molar-refractivity contribution in [3.05, 3.63) is 40.2 Å². The Kier molecular flexibility index (Phi) is 3.23. The van der Waals surface area contributed by atoms with Crippen LogP contribution in [0.3, 0.4) is 0 Å². The number of non-ortho nitro benzene ring substituents is 1. The first kappa shape index (κ1) is 12.8. The van der Waals surface area contributed by atoms with Gasteiger partial charge in [0.05, 0.1) is 10.3 Å². The molecule has 1 fully saturated rings. The molecule has 2 aromatic rings. The summed E-state index contributed by atoms with van der Waals surface area (Å²) in [6.07, 6.45) is 2.64. The molecule has 20 heavy (non-hydrogen) atoms. The standard InChI is InChI=1S/C14H16N4O2/c1-9-6-11-12(8-16-9)14(18(19)20)3-2-13(11)17-10-4-5-15-7-10/h2-3,6,8,10,15,17H,4-5,7H2,1H3. The van der Waals surface area contributed by atoms with Crippen molar-refractivity contribution < 1.29 is 4.92 Å². The molecule has 2 heterocycles. The van der Waals surface area contributed by atoms with Gasteiger partial charge in [0, 0.05) is 41.6 Å². The van der Waals surface area contributed by atoms with Crippen LogP contribution in [-0.4, -0.2) is 29.0 Å². The maximum atomic E-state index is 11.1. The summed E-state index contributed by atoms with van der Waals surface area (Å²) in [6.45, 7) is 3.81. The van der Waals surface area contributed by atoms with Gasteiger partial charge in [-0.15, -0.1) is 0 Å². The molecule has 0 radical (unpaired) electrons. The minimum Gasteiger partial charge on any atom is -0.380 e. The number of fused-ring (bicyclic) bond motifs is 1. The number of nitro benzene ring substituents is 1. The van der Waals surface area contributed by atoms with Crippen LogP contribution in [0.2, 0.25) is 0 Å². The molecule has 1 atom stereocenters. The molecule has 0 saturated carbocycles. The molecule has 1 aromatic heterocycles. The normalized spacial score (nSPS) is 18.4. The van der Waals surface area contributed by atoms with Crippen molar-refractivity contribution in [2.24, 2.45) is 0 Å². The van der Waals surface area contributed by atoms with Gasteiger partial charge in [-0.1, -0.05) is 0 Å². The Morgan fingerprint density at radius 2 is 2.30 bits per heavy atom. The molecule has 6 nitrogen and oxygen atoms in total. The van der Waals surface area contributed by atoms with E-state index in [-0.39, 0.29) is 10.6 Å². The number of nitro groups is 1. The number of hydrogen-bond acceptors (Lipinski definition) is 5. The van der Waals surface area contributed by atoms with Crippen LogP contribution >= 0.6 is 0 Å². The molecule has 0 spiro atoms. The monoisotopic (exact) mass is 272 g/mol. The lowest BCUT2D eigenvalue weighted by atomic mass is 10.1. The summed E-state index contributed by atoms with van der Waals surface area (Å²) < 4.78 is 0. The van der Waals surface area contributed by atoms with Crippen molar-refractivity contribution in [2.75, 3.05) is 18.4 Å². The van der Waals surface area contributed by atoms with Gasteiger partial charge in [0.1, 0.15) is 0 Å². The van der Waals surface area contributed by atoms with Gasteiger partial charge in [-0.3, -0.25) is 15.1 Å². The SMILES string of the molecule is Cc1cc2c(NC3CCNC3)ccc([N+](=O)[O-])c2cn1. The van der Waals surface area contributed by atoms with Gasteiger partial charge in [-0.05, 0) is 32.0 Å². The topological polar surface area (TPSA) is 80.1 Å². The first-order chi connectivity index (χ1) is 9.65. The maximum absolute atomic E-state index is 11.1. The third kappa shape index (κ3) is 2.30. The predicted molar refractivity (Wildman–Crippen MR) is 78.0 cm³/mol. The van der Waals surface area contributed by atoms with Gasteiger partial charge < -0.3 is 10.6 Å². The van der Waals surface area contributed by atoms with E-state index >= 15 is 0 Å². The van der Waals surface area contributed by atoms with E-state index in [0.717, 1.165) is 36.3 Å². The molecule has 0 bridgehead atoms. The fraction of sp³-hybridized carbons (Fsp3) is 0.357. The van der Waals surface area contributed by atoms with E-state index < -0.39 is 0 Å². The van der Waals surface area contributed by atoms with Crippen LogP contribution in [0.4, 0.5) is 11.4 Å². The first-order valence-electron chi connectivity index (χ1n) is 6.66. The highest BCUT2D eigenvalue weighted by atomic mass is 16.6. The second kappa shape index (κ2) is 5.05. The zero-order chi connectivity index (χ0) is 14.1. The fourth-order valence-electron chi connectivity index (χ4n) is 2.61. The second-order valence-electron chi connectivity index (χ2n) is 5.09. The lowest BCUT2D eigenvalue weighted by Crippen LogP contribution is -2.22. The molecule has 0 aliphatic carbocycles. The third-order valence-corrected chi connectivity index (χ3v) is 3.63. The zero-order valence-corrected chi connectivity index (χ0v) is 11.2. The van der Waals surface area contributed by atoms with E-state index in [1.165, 1.54) is 0 Å². The summed E-state index contributed by atoms with van der Waals surface area (Å²) in [5.74, 6) is 0. The van der Waals surface area contributed by atoms with Gasteiger partial charge in [0.15, 0.2) is 0 Å². The highest BCUT2D eigenvalue weighted by Crippen LogP contribution is 2.32. The lowest BCUT2D eigenvalue weighted by Gasteiger charge is -2.15. The van der Waals surface area contributed by atoms with Crippen molar-refractivity contribution >= 4 is 22.1 Å². The molecule has 1 aromatic carbocycles. The molecular formula is C14H16N4O2. The van der Waals surface area contributed by atoms with Gasteiger partial charge in [-0.25, -0.2) is 0 Å². The van der Waals surface area contributed by atoms with Crippen LogP contribution in [0, 0.1) is 17.0 Å². The Balaban J connectivity index is 2.09. The van der Waals surface area contributed by atoms with Crippen molar-refractivity contribution in [2.45, 2.75) is 19.4 Å². The molecule has 6 heteroatoms. The summed E-state index contributed by atoms with van der Waals surface area (Å²) in [4.78, 5) is 14.9. The number of benzene rings is 1. The van der Waals surface area contributed by atoms with Crippen LogP contribution in [0.5, 0.6) is 0 Å². The number of hydrogen-bond donors (Lipinski definition) is 2. The Bertz CT molecular complexity index is 666. The molecule has 1 unspecified atom stereocenters. The minimum absolute atomic E-state index is 0.0996. The van der Waals surface area contributed by atoms with E-state index in [9.17, 15) is 10.1 Å². The fourth-order valence-corrected chi connectivity index (χ4v) is 2.61. The van der Waals surface area contributed by atoms with E-state index in [4.69, 9.17) is 0 Å². The molecule has 2 N–H and O–H groups in total.